The van der Waals surface area contributed by atoms with Crippen LogP contribution < -0.4 is 10.2 Å². The Morgan fingerprint density at radius 3 is 3.00 bits per heavy atom. The smallest absolute Gasteiger partial charge is 0.147 e. The predicted octanol–water partition coefficient (Wildman–Crippen LogP) is 2.37. The van der Waals surface area contributed by atoms with E-state index in [9.17, 15) is 0 Å². The molecule has 1 N–H and O–H groups in total. The summed E-state index contributed by atoms with van der Waals surface area (Å²) in [7, 11) is 4.20. The van der Waals surface area contributed by atoms with Gasteiger partial charge in [0.25, 0.3) is 0 Å². The van der Waals surface area contributed by atoms with E-state index in [0.29, 0.717) is 0 Å². The highest BCUT2D eigenvalue weighted by Gasteiger charge is 2.35. The molecular weight excluding hydrogens is 284 g/mol. The minimum absolute atomic E-state index is 0.748. The molecule has 5 heteroatoms. The van der Waals surface area contributed by atoms with Crippen molar-refractivity contribution in [1.82, 2.24) is 15.2 Å². The minimum atomic E-state index is 0.748. The van der Waals surface area contributed by atoms with Gasteiger partial charge in [0.1, 0.15) is 5.82 Å². The van der Waals surface area contributed by atoms with Gasteiger partial charge in [-0.25, -0.2) is 4.98 Å². The molecule has 4 nitrogen and oxygen atoms in total. The molecule has 3 rings (SSSR count). The van der Waals surface area contributed by atoms with Crippen LogP contribution in [0.15, 0.2) is 12.3 Å². The molecule has 0 spiro atoms. The number of rotatable bonds is 3. The van der Waals surface area contributed by atoms with Gasteiger partial charge in [0.15, 0.2) is 0 Å². The van der Waals surface area contributed by atoms with E-state index in [0.717, 1.165) is 48.0 Å². The Morgan fingerprint density at radius 1 is 1.38 bits per heavy atom. The maximum absolute atomic E-state index is 6.46. The van der Waals surface area contributed by atoms with Gasteiger partial charge in [0.2, 0.25) is 0 Å². The molecule has 0 aliphatic carbocycles. The first-order valence-corrected chi connectivity index (χ1v) is 8.31. The lowest BCUT2D eigenvalue weighted by molar-refractivity contribution is 0.102. The van der Waals surface area contributed by atoms with E-state index in [-0.39, 0.29) is 0 Å². The molecule has 2 unspecified atom stereocenters. The summed E-state index contributed by atoms with van der Waals surface area (Å²) in [5.41, 5.74) is 1.14. The van der Waals surface area contributed by atoms with Gasteiger partial charge in [-0.15, -0.1) is 0 Å². The number of aromatic nitrogens is 1. The second kappa shape index (κ2) is 6.51. The Bertz CT molecular complexity index is 493. The molecule has 116 valence electrons. The summed E-state index contributed by atoms with van der Waals surface area (Å²) in [5, 5.41) is 3.92. The normalized spacial score (nSPS) is 26.7. The fourth-order valence-electron chi connectivity index (χ4n) is 3.85. The van der Waals surface area contributed by atoms with Crippen molar-refractivity contribution in [2.24, 2.45) is 5.92 Å². The summed E-state index contributed by atoms with van der Waals surface area (Å²) in [4.78, 5) is 9.54. The summed E-state index contributed by atoms with van der Waals surface area (Å²) < 4.78 is 0. The highest BCUT2D eigenvalue weighted by atomic mass is 35.5. The molecule has 2 atom stereocenters. The Labute approximate surface area is 132 Å². The molecule has 21 heavy (non-hydrogen) atoms. The zero-order valence-corrected chi connectivity index (χ0v) is 13.7. The van der Waals surface area contributed by atoms with Crippen molar-refractivity contribution < 1.29 is 0 Å². The van der Waals surface area contributed by atoms with E-state index >= 15 is 0 Å². The number of fused-ring (bicyclic) bond motifs is 1. The number of hydrogen-bond acceptors (Lipinski definition) is 4. The monoisotopic (exact) mass is 308 g/mol. The first-order chi connectivity index (χ1) is 10.2. The van der Waals surface area contributed by atoms with Crippen molar-refractivity contribution in [3.05, 3.63) is 22.8 Å². The number of likely N-dealkylation sites (tertiary alicyclic amines) is 1. The topological polar surface area (TPSA) is 31.4 Å². The number of pyridine rings is 1. The molecule has 1 aromatic heterocycles. The summed E-state index contributed by atoms with van der Waals surface area (Å²) in [6.07, 6.45) is 5.81. The van der Waals surface area contributed by atoms with Crippen molar-refractivity contribution in [3.63, 3.8) is 0 Å². The van der Waals surface area contributed by atoms with Crippen LogP contribution in [0, 0.1) is 5.92 Å². The van der Waals surface area contributed by atoms with Crippen molar-refractivity contribution in [1.29, 1.82) is 0 Å². The van der Waals surface area contributed by atoms with E-state index in [1.807, 2.05) is 19.3 Å². The van der Waals surface area contributed by atoms with E-state index in [1.54, 1.807) is 0 Å². The summed E-state index contributed by atoms with van der Waals surface area (Å²) >= 11 is 6.46. The maximum atomic E-state index is 6.46. The fraction of sp³-hybridized carbons (Fsp3) is 0.688. The third kappa shape index (κ3) is 3.17. The first-order valence-electron chi connectivity index (χ1n) is 7.93. The van der Waals surface area contributed by atoms with Crippen LogP contribution in [0.4, 0.5) is 5.82 Å². The zero-order valence-electron chi connectivity index (χ0n) is 13.0. The van der Waals surface area contributed by atoms with E-state index in [4.69, 9.17) is 11.6 Å². The lowest BCUT2D eigenvalue weighted by Gasteiger charge is -2.46. The van der Waals surface area contributed by atoms with Crippen LogP contribution in [0.1, 0.15) is 24.8 Å². The van der Waals surface area contributed by atoms with E-state index in [2.05, 4.69) is 27.1 Å². The van der Waals surface area contributed by atoms with Crippen molar-refractivity contribution in [2.45, 2.75) is 31.8 Å². The number of halogens is 1. The van der Waals surface area contributed by atoms with Crippen molar-refractivity contribution in [3.8, 4) is 0 Å². The Hall–Kier alpha value is -0.840. The molecular formula is C16H25ClN4. The largest absolute Gasteiger partial charge is 0.355 e. The number of nitrogens with zero attached hydrogens (tertiary/aromatic N) is 3. The van der Waals surface area contributed by atoms with Crippen LogP contribution in [0.5, 0.6) is 0 Å². The maximum Gasteiger partial charge on any atom is 0.147 e. The Kier molecular flexibility index (Phi) is 4.67. The zero-order chi connectivity index (χ0) is 14.8. The SMILES string of the molecule is CNCc1cnc(N2CCC3C(CCCN3C)C2)c(Cl)c1. The molecule has 0 aromatic carbocycles. The Balaban J connectivity index is 1.73. The average Bonchev–Trinajstić information content (AvgIpc) is 2.48. The second-order valence-electron chi connectivity index (χ2n) is 6.36. The van der Waals surface area contributed by atoms with Crippen molar-refractivity contribution >= 4 is 17.4 Å². The summed E-state index contributed by atoms with van der Waals surface area (Å²) in [5.74, 6) is 1.72. The summed E-state index contributed by atoms with van der Waals surface area (Å²) in [6, 6.07) is 2.79. The van der Waals surface area contributed by atoms with Crippen molar-refractivity contribution in [2.75, 3.05) is 38.6 Å². The third-order valence-electron chi connectivity index (χ3n) is 4.90. The van der Waals surface area contributed by atoms with E-state index < -0.39 is 0 Å². The highest BCUT2D eigenvalue weighted by molar-refractivity contribution is 6.33. The number of hydrogen-bond donors (Lipinski definition) is 1. The second-order valence-corrected chi connectivity index (χ2v) is 6.77. The number of piperidine rings is 2. The van der Waals surface area contributed by atoms with Crippen LogP contribution in [0.25, 0.3) is 0 Å². The Morgan fingerprint density at radius 2 is 2.24 bits per heavy atom. The van der Waals surface area contributed by atoms with Gasteiger partial charge < -0.3 is 15.1 Å². The van der Waals surface area contributed by atoms with Gasteiger partial charge in [-0.2, -0.15) is 0 Å². The average molecular weight is 309 g/mol. The van der Waals surface area contributed by atoms with Gasteiger partial charge >= 0.3 is 0 Å². The molecule has 2 aliphatic rings. The molecule has 0 bridgehead atoms. The van der Waals surface area contributed by atoms with Gasteiger partial charge in [0.05, 0.1) is 5.02 Å². The number of nitrogens with one attached hydrogen (secondary N) is 1. The summed E-state index contributed by atoms with van der Waals surface area (Å²) in [6.45, 7) is 4.21. The molecule has 0 radical (unpaired) electrons. The minimum Gasteiger partial charge on any atom is -0.355 e. The lowest BCUT2D eigenvalue weighted by Crippen LogP contribution is -2.53. The van der Waals surface area contributed by atoms with Gasteiger partial charge in [0, 0.05) is 31.9 Å². The third-order valence-corrected chi connectivity index (χ3v) is 5.18. The highest BCUT2D eigenvalue weighted by Crippen LogP contribution is 2.33. The molecule has 2 saturated heterocycles. The quantitative estimate of drug-likeness (QED) is 0.929. The van der Waals surface area contributed by atoms with Crippen LogP contribution in [-0.2, 0) is 6.54 Å². The molecule has 3 heterocycles. The predicted molar refractivity (Wildman–Crippen MR) is 88.0 cm³/mol. The van der Waals surface area contributed by atoms with Gasteiger partial charge in [-0.05, 0) is 57.5 Å². The van der Waals surface area contributed by atoms with Crippen LogP contribution in [0.3, 0.4) is 0 Å². The van der Waals surface area contributed by atoms with Gasteiger partial charge in [-0.1, -0.05) is 11.6 Å². The standard InChI is InChI=1S/C16H25ClN4/c1-18-9-12-8-14(17)16(19-10-12)21-7-5-15-13(11-21)4-3-6-20(15)2/h8,10,13,15,18H,3-7,9,11H2,1-2H3. The number of anilines is 1. The van der Waals surface area contributed by atoms with Crippen LogP contribution in [0.2, 0.25) is 5.02 Å². The van der Waals surface area contributed by atoms with Gasteiger partial charge in [-0.3, -0.25) is 0 Å². The molecule has 1 aromatic rings. The van der Waals surface area contributed by atoms with Crippen LogP contribution in [-0.4, -0.2) is 49.7 Å². The fourth-order valence-corrected chi connectivity index (χ4v) is 4.16. The molecule has 0 saturated carbocycles. The van der Waals surface area contributed by atoms with E-state index in [1.165, 1.54) is 25.8 Å². The first kappa shape index (κ1) is 15.1. The molecule has 2 aliphatic heterocycles. The molecule has 0 amide bonds. The molecule has 2 fully saturated rings. The van der Waals surface area contributed by atoms with Crippen LogP contribution >= 0.6 is 11.6 Å². The lowest BCUT2D eigenvalue weighted by atomic mass is 9.84.